The molecule has 1 saturated heterocycles. The van der Waals surface area contributed by atoms with Gasteiger partial charge in [-0.05, 0) is 67.8 Å². The summed E-state index contributed by atoms with van der Waals surface area (Å²) in [6.45, 7) is 5.59. The summed E-state index contributed by atoms with van der Waals surface area (Å²) < 4.78 is 0. The number of benzene rings is 1. The number of hydrogen-bond donors (Lipinski definition) is 4. The highest BCUT2D eigenvalue weighted by Gasteiger charge is 2.66. The first-order valence-electron chi connectivity index (χ1n) is 11.5. The van der Waals surface area contributed by atoms with Gasteiger partial charge in [-0.3, -0.25) is 9.69 Å². The van der Waals surface area contributed by atoms with Crippen LogP contribution in [0.4, 0.5) is 0 Å². The maximum absolute atomic E-state index is 12.4. The van der Waals surface area contributed by atoms with E-state index in [4.69, 9.17) is 0 Å². The Morgan fingerprint density at radius 3 is 2.77 bits per heavy atom. The highest BCUT2D eigenvalue weighted by Crippen LogP contribution is 2.58. The Balaban J connectivity index is 1.56. The van der Waals surface area contributed by atoms with Gasteiger partial charge in [0.05, 0.1) is 17.7 Å². The predicted molar refractivity (Wildman–Crippen MR) is 113 cm³/mol. The molecule has 6 nitrogen and oxygen atoms in total. The molecule has 1 amide bonds. The van der Waals surface area contributed by atoms with Crippen molar-refractivity contribution in [1.29, 1.82) is 0 Å². The zero-order valence-electron chi connectivity index (χ0n) is 18.0. The molecule has 0 spiro atoms. The summed E-state index contributed by atoms with van der Waals surface area (Å²) in [4.78, 5) is 14.8. The normalized spacial score (nSPS) is 38.1. The molecule has 1 aliphatic heterocycles. The zero-order valence-corrected chi connectivity index (χ0v) is 18.0. The van der Waals surface area contributed by atoms with Crippen LogP contribution in [0.5, 0.6) is 5.75 Å². The monoisotopic (exact) mass is 414 g/mol. The second-order valence-electron chi connectivity index (χ2n) is 10.5. The van der Waals surface area contributed by atoms with Crippen LogP contribution in [-0.2, 0) is 16.6 Å². The van der Waals surface area contributed by atoms with Crippen LogP contribution in [0.2, 0.25) is 0 Å². The fourth-order valence-electron chi connectivity index (χ4n) is 6.43. The summed E-state index contributed by atoms with van der Waals surface area (Å²) in [5.41, 5.74) is 0.511. The first kappa shape index (κ1) is 20.3. The van der Waals surface area contributed by atoms with Gasteiger partial charge >= 0.3 is 0 Å². The number of phenolic OH excluding ortho intramolecular Hbond substituents is 1. The van der Waals surface area contributed by atoms with Crippen LogP contribution in [-0.4, -0.2) is 63.0 Å². The SMILES string of the molecule is CC(C)C(=O)N[C@@H]1C[C@@]2(O)[C@H]3Cc4ccc(O)cc4[C@@]2(CCN3CC2CC2)CC1O. The third kappa shape index (κ3) is 2.99. The number of aliphatic hydroxyl groups is 2. The molecule has 1 aromatic carbocycles. The molecule has 1 unspecified atom stereocenters. The van der Waals surface area contributed by atoms with Gasteiger partial charge in [0, 0.05) is 30.3 Å². The first-order chi connectivity index (χ1) is 14.2. The maximum Gasteiger partial charge on any atom is 0.222 e. The molecule has 1 aromatic rings. The average Bonchev–Trinajstić information content (AvgIpc) is 3.50. The summed E-state index contributed by atoms with van der Waals surface area (Å²) in [6, 6.07) is 5.02. The first-order valence-corrected chi connectivity index (χ1v) is 11.5. The Hall–Kier alpha value is -1.63. The number of piperidine rings is 1. The summed E-state index contributed by atoms with van der Waals surface area (Å²) >= 11 is 0. The summed E-state index contributed by atoms with van der Waals surface area (Å²) in [6.07, 6.45) is 4.04. The molecule has 2 saturated carbocycles. The Morgan fingerprint density at radius 1 is 1.30 bits per heavy atom. The van der Waals surface area contributed by atoms with Gasteiger partial charge in [-0.2, -0.15) is 0 Å². The molecule has 0 aromatic heterocycles. The number of amides is 1. The van der Waals surface area contributed by atoms with Crippen molar-refractivity contribution in [2.75, 3.05) is 13.1 Å². The van der Waals surface area contributed by atoms with E-state index in [1.165, 1.54) is 18.4 Å². The van der Waals surface area contributed by atoms with Crippen molar-refractivity contribution in [3.63, 3.8) is 0 Å². The highest BCUT2D eigenvalue weighted by molar-refractivity contribution is 5.78. The lowest BCUT2D eigenvalue weighted by molar-refractivity contribution is -0.190. The second kappa shape index (κ2) is 6.94. The van der Waals surface area contributed by atoms with Crippen LogP contribution in [0.3, 0.4) is 0 Å². The van der Waals surface area contributed by atoms with Gasteiger partial charge in [0.1, 0.15) is 5.75 Å². The van der Waals surface area contributed by atoms with Crippen molar-refractivity contribution < 1.29 is 20.1 Å². The van der Waals surface area contributed by atoms with Crippen LogP contribution in [0.1, 0.15) is 57.1 Å². The minimum absolute atomic E-state index is 0.0326. The van der Waals surface area contributed by atoms with E-state index in [2.05, 4.69) is 10.2 Å². The number of nitrogens with zero attached hydrogens (tertiary/aromatic N) is 1. The van der Waals surface area contributed by atoms with Crippen molar-refractivity contribution in [1.82, 2.24) is 10.2 Å². The van der Waals surface area contributed by atoms with E-state index >= 15 is 0 Å². The topological polar surface area (TPSA) is 93.0 Å². The predicted octanol–water partition coefficient (Wildman–Crippen LogP) is 1.70. The quantitative estimate of drug-likeness (QED) is 0.602. The molecule has 4 aliphatic rings. The summed E-state index contributed by atoms with van der Waals surface area (Å²) in [5, 5.41) is 36.7. The Morgan fingerprint density at radius 2 is 2.07 bits per heavy atom. The number of nitrogens with one attached hydrogen (secondary N) is 1. The largest absolute Gasteiger partial charge is 0.508 e. The Labute approximate surface area is 178 Å². The lowest BCUT2D eigenvalue weighted by Crippen LogP contribution is -2.76. The average molecular weight is 415 g/mol. The van der Waals surface area contributed by atoms with E-state index in [1.54, 1.807) is 12.1 Å². The molecular weight excluding hydrogens is 380 g/mol. The van der Waals surface area contributed by atoms with Gasteiger partial charge in [0.25, 0.3) is 0 Å². The number of likely N-dealkylation sites (tertiary alicyclic amines) is 1. The van der Waals surface area contributed by atoms with Crippen molar-refractivity contribution >= 4 is 5.91 Å². The molecule has 0 radical (unpaired) electrons. The standard InChI is InChI=1S/C24H34N2O4/c1-14(2)22(29)25-19-11-24(30)21-9-16-5-6-17(27)10-18(16)23(24,12-20(19)28)7-8-26(21)13-15-3-4-15/h5-6,10,14-15,19-21,27-28,30H,3-4,7-9,11-13H2,1-2H3,(H,25,29)/t19-,20?,21-,23-,24-/m1/s1. The second-order valence-corrected chi connectivity index (χ2v) is 10.5. The van der Waals surface area contributed by atoms with E-state index < -0.39 is 23.2 Å². The smallest absolute Gasteiger partial charge is 0.222 e. The van der Waals surface area contributed by atoms with Gasteiger partial charge in [0.2, 0.25) is 5.91 Å². The molecule has 30 heavy (non-hydrogen) atoms. The summed E-state index contributed by atoms with van der Waals surface area (Å²) in [7, 11) is 0. The fraction of sp³-hybridized carbons (Fsp3) is 0.708. The molecular formula is C24H34N2O4. The van der Waals surface area contributed by atoms with Gasteiger partial charge in [-0.25, -0.2) is 0 Å². The third-order valence-corrected chi connectivity index (χ3v) is 8.26. The minimum atomic E-state index is -1.05. The number of carbonyl (C=O) groups is 1. The van der Waals surface area contributed by atoms with Crippen molar-refractivity contribution in [3.8, 4) is 5.75 Å². The molecule has 5 atom stereocenters. The molecule has 2 bridgehead atoms. The molecule has 3 fully saturated rings. The van der Waals surface area contributed by atoms with E-state index in [1.807, 2.05) is 19.9 Å². The number of phenols is 1. The van der Waals surface area contributed by atoms with E-state index in [9.17, 15) is 20.1 Å². The van der Waals surface area contributed by atoms with E-state index in [0.29, 0.717) is 12.8 Å². The molecule has 5 rings (SSSR count). The lowest BCUT2D eigenvalue weighted by Gasteiger charge is -2.65. The van der Waals surface area contributed by atoms with Crippen LogP contribution in [0.15, 0.2) is 18.2 Å². The van der Waals surface area contributed by atoms with Crippen LogP contribution < -0.4 is 5.32 Å². The highest BCUT2D eigenvalue weighted by atomic mass is 16.3. The van der Waals surface area contributed by atoms with Crippen LogP contribution in [0.25, 0.3) is 0 Å². The number of hydrogen-bond acceptors (Lipinski definition) is 5. The number of aromatic hydroxyl groups is 1. The number of fused-ring (bicyclic) bond motifs is 1. The zero-order chi connectivity index (χ0) is 21.3. The van der Waals surface area contributed by atoms with Crippen molar-refractivity contribution in [2.45, 2.75) is 81.6 Å². The van der Waals surface area contributed by atoms with Gasteiger partial charge < -0.3 is 20.6 Å². The Kier molecular flexibility index (Phi) is 4.69. The van der Waals surface area contributed by atoms with Gasteiger partial charge in [-0.15, -0.1) is 0 Å². The fourth-order valence-corrected chi connectivity index (χ4v) is 6.43. The number of carbonyl (C=O) groups excluding carboxylic acids is 1. The number of rotatable bonds is 4. The third-order valence-electron chi connectivity index (χ3n) is 8.26. The van der Waals surface area contributed by atoms with E-state index in [0.717, 1.165) is 37.4 Å². The molecule has 4 N–H and O–H groups in total. The Bertz CT molecular complexity index is 854. The van der Waals surface area contributed by atoms with Gasteiger partial charge in [0.15, 0.2) is 0 Å². The maximum atomic E-state index is 12.4. The van der Waals surface area contributed by atoms with Crippen molar-refractivity contribution in [3.05, 3.63) is 29.3 Å². The van der Waals surface area contributed by atoms with Gasteiger partial charge in [-0.1, -0.05) is 19.9 Å². The molecule has 164 valence electrons. The molecule has 1 heterocycles. The van der Waals surface area contributed by atoms with Crippen molar-refractivity contribution in [2.24, 2.45) is 11.8 Å². The number of aliphatic hydroxyl groups excluding tert-OH is 1. The minimum Gasteiger partial charge on any atom is -0.508 e. The van der Waals surface area contributed by atoms with Crippen LogP contribution >= 0.6 is 0 Å². The summed E-state index contributed by atoms with van der Waals surface area (Å²) in [5.74, 6) is 0.673. The molecule has 3 aliphatic carbocycles. The lowest BCUT2D eigenvalue weighted by atomic mass is 9.48. The molecule has 6 heteroatoms. The van der Waals surface area contributed by atoms with Crippen LogP contribution in [0, 0.1) is 11.8 Å². The van der Waals surface area contributed by atoms with E-state index in [-0.39, 0.29) is 23.6 Å².